The Hall–Kier alpha value is -1.05. The lowest BCUT2D eigenvalue weighted by Crippen LogP contribution is -1.84. The lowest BCUT2D eigenvalue weighted by Gasteiger charge is -1.89. The van der Waals surface area contributed by atoms with Gasteiger partial charge in [-0.15, -0.1) is 0 Å². The summed E-state index contributed by atoms with van der Waals surface area (Å²) in [5.41, 5.74) is 0. The lowest BCUT2D eigenvalue weighted by molar-refractivity contribution is 0.906. The third-order valence-corrected chi connectivity index (χ3v) is 1.51. The number of imidazole rings is 1. The number of nitrogens with one attached hydrogen (secondary N) is 1. The summed E-state index contributed by atoms with van der Waals surface area (Å²) >= 11 is 0. The van der Waals surface area contributed by atoms with Gasteiger partial charge in [-0.05, 0) is 12.8 Å². The van der Waals surface area contributed by atoms with Crippen LogP contribution in [0.3, 0.4) is 0 Å². The molecule has 0 radical (unpaired) electrons. The number of aromatic nitrogens is 2. The van der Waals surface area contributed by atoms with Crippen LogP contribution in [0, 0.1) is 0 Å². The smallest absolute Gasteiger partial charge is 0.106 e. The Kier molecular flexibility index (Phi) is 3.45. The molecule has 0 fully saturated rings. The molecule has 1 aromatic rings. The van der Waals surface area contributed by atoms with E-state index in [1.54, 1.807) is 6.20 Å². The minimum Gasteiger partial charge on any atom is -0.349 e. The average molecular weight is 150 g/mol. The minimum atomic E-state index is 1.02. The van der Waals surface area contributed by atoms with E-state index in [4.69, 9.17) is 0 Å². The molecule has 0 atom stereocenters. The van der Waals surface area contributed by atoms with Crippen molar-refractivity contribution in [1.82, 2.24) is 9.97 Å². The predicted octanol–water partition coefficient (Wildman–Crippen LogP) is 2.31. The van der Waals surface area contributed by atoms with E-state index >= 15 is 0 Å². The molecule has 0 saturated heterocycles. The van der Waals surface area contributed by atoms with Crippen molar-refractivity contribution >= 4 is 0 Å². The number of hydrogen-bond donors (Lipinski definition) is 1. The van der Waals surface area contributed by atoms with Crippen molar-refractivity contribution < 1.29 is 0 Å². The highest BCUT2D eigenvalue weighted by molar-refractivity contribution is 4.90. The highest BCUT2D eigenvalue weighted by Gasteiger charge is 1.89. The Morgan fingerprint density at radius 3 is 3.09 bits per heavy atom. The number of nitrogens with zero attached hydrogens (tertiary/aromatic N) is 1. The summed E-state index contributed by atoms with van der Waals surface area (Å²) < 4.78 is 0. The number of H-pyrrole nitrogens is 1. The molecule has 0 aromatic carbocycles. The first-order valence-corrected chi connectivity index (χ1v) is 4.06. The SMILES string of the molecule is CCC=CCCc1ncc[nH]1. The van der Waals surface area contributed by atoms with E-state index in [1.165, 1.54) is 0 Å². The van der Waals surface area contributed by atoms with Gasteiger partial charge in [-0.3, -0.25) is 0 Å². The van der Waals surface area contributed by atoms with Crippen LogP contribution in [0.5, 0.6) is 0 Å². The van der Waals surface area contributed by atoms with Gasteiger partial charge in [-0.2, -0.15) is 0 Å². The molecule has 0 bridgehead atoms. The van der Waals surface area contributed by atoms with Crippen molar-refractivity contribution in [3.8, 4) is 0 Å². The normalized spacial score (nSPS) is 11.0. The molecule has 0 spiro atoms. The summed E-state index contributed by atoms with van der Waals surface area (Å²) in [6, 6.07) is 0. The average Bonchev–Trinajstić information content (AvgIpc) is 2.50. The van der Waals surface area contributed by atoms with Crippen molar-refractivity contribution in [2.45, 2.75) is 26.2 Å². The summed E-state index contributed by atoms with van der Waals surface area (Å²) in [4.78, 5) is 7.19. The molecular formula is C9H14N2. The van der Waals surface area contributed by atoms with Gasteiger partial charge >= 0.3 is 0 Å². The van der Waals surface area contributed by atoms with Crippen molar-refractivity contribution in [1.29, 1.82) is 0 Å². The Labute approximate surface area is 67.4 Å². The number of rotatable bonds is 4. The number of hydrogen-bond acceptors (Lipinski definition) is 1. The van der Waals surface area contributed by atoms with Crippen LogP contribution in [0.15, 0.2) is 24.5 Å². The van der Waals surface area contributed by atoms with Crippen LogP contribution in [0.1, 0.15) is 25.6 Å². The summed E-state index contributed by atoms with van der Waals surface area (Å²) in [7, 11) is 0. The zero-order valence-electron chi connectivity index (χ0n) is 6.88. The maximum atomic E-state index is 4.12. The van der Waals surface area contributed by atoms with Crippen molar-refractivity contribution in [3.63, 3.8) is 0 Å². The van der Waals surface area contributed by atoms with Gasteiger partial charge in [0.05, 0.1) is 0 Å². The predicted molar refractivity (Wildman–Crippen MR) is 46.3 cm³/mol. The van der Waals surface area contributed by atoms with Crippen LogP contribution in [-0.4, -0.2) is 9.97 Å². The quantitative estimate of drug-likeness (QED) is 0.655. The van der Waals surface area contributed by atoms with Crippen LogP contribution in [0.25, 0.3) is 0 Å². The molecule has 0 aliphatic rings. The number of allylic oxidation sites excluding steroid dienone is 2. The first-order valence-electron chi connectivity index (χ1n) is 4.06. The fourth-order valence-corrected chi connectivity index (χ4v) is 0.939. The molecule has 0 unspecified atom stereocenters. The van der Waals surface area contributed by atoms with Gasteiger partial charge in [0.2, 0.25) is 0 Å². The largest absolute Gasteiger partial charge is 0.349 e. The summed E-state index contributed by atoms with van der Waals surface area (Å²) in [5.74, 6) is 1.07. The van der Waals surface area contributed by atoms with Gasteiger partial charge in [0.15, 0.2) is 0 Å². The minimum absolute atomic E-state index is 1.02. The Morgan fingerprint density at radius 2 is 2.45 bits per heavy atom. The van der Waals surface area contributed by atoms with E-state index in [9.17, 15) is 0 Å². The van der Waals surface area contributed by atoms with Gasteiger partial charge in [-0.25, -0.2) is 4.98 Å². The van der Waals surface area contributed by atoms with E-state index < -0.39 is 0 Å². The van der Waals surface area contributed by atoms with Crippen LogP contribution >= 0.6 is 0 Å². The molecule has 2 nitrogen and oxygen atoms in total. The topological polar surface area (TPSA) is 28.7 Å². The Balaban J connectivity index is 2.19. The van der Waals surface area contributed by atoms with Crippen molar-refractivity contribution in [2.24, 2.45) is 0 Å². The molecule has 1 rings (SSSR count). The fraction of sp³-hybridized carbons (Fsp3) is 0.444. The highest BCUT2D eigenvalue weighted by atomic mass is 14.9. The monoisotopic (exact) mass is 150 g/mol. The maximum absolute atomic E-state index is 4.12. The van der Waals surface area contributed by atoms with Crippen molar-refractivity contribution in [2.75, 3.05) is 0 Å². The van der Waals surface area contributed by atoms with Crippen LogP contribution in [-0.2, 0) is 6.42 Å². The zero-order chi connectivity index (χ0) is 7.94. The van der Waals surface area contributed by atoms with E-state index in [0.29, 0.717) is 0 Å². The van der Waals surface area contributed by atoms with Gasteiger partial charge in [0, 0.05) is 18.8 Å². The van der Waals surface area contributed by atoms with Crippen LogP contribution in [0.4, 0.5) is 0 Å². The molecule has 0 amide bonds. The molecule has 60 valence electrons. The van der Waals surface area contributed by atoms with E-state index in [-0.39, 0.29) is 0 Å². The third kappa shape index (κ3) is 3.03. The third-order valence-electron chi connectivity index (χ3n) is 1.51. The number of aromatic amines is 1. The molecular weight excluding hydrogens is 136 g/mol. The second-order valence-electron chi connectivity index (χ2n) is 2.45. The lowest BCUT2D eigenvalue weighted by atomic mass is 10.2. The van der Waals surface area contributed by atoms with Gasteiger partial charge in [0.25, 0.3) is 0 Å². The van der Waals surface area contributed by atoms with Crippen LogP contribution in [0.2, 0.25) is 0 Å². The standard InChI is InChI=1S/C9H14N2/c1-2-3-4-5-6-9-10-7-8-11-9/h3-4,7-8H,2,5-6H2,1H3,(H,10,11). The van der Waals surface area contributed by atoms with E-state index in [1.807, 2.05) is 6.20 Å². The molecule has 0 aliphatic carbocycles. The maximum Gasteiger partial charge on any atom is 0.106 e. The Bertz CT molecular complexity index is 199. The summed E-state index contributed by atoms with van der Waals surface area (Å²) in [6.07, 6.45) is 11.3. The Morgan fingerprint density at radius 1 is 1.55 bits per heavy atom. The second-order valence-corrected chi connectivity index (χ2v) is 2.45. The molecule has 1 aromatic heterocycles. The van der Waals surface area contributed by atoms with E-state index in [2.05, 4.69) is 29.0 Å². The van der Waals surface area contributed by atoms with Gasteiger partial charge in [-0.1, -0.05) is 19.1 Å². The fourth-order valence-electron chi connectivity index (χ4n) is 0.939. The molecule has 0 saturated carbocycles. The summed E-state index contributed by atoms with van der Waals surface area (Å²) in [5, 5.41) is 0. The van der Waals surface area contributed by atoms with Crippen molar-refractivity contribution in [3.05, 3.63) is 30.4 Å². The molecule has 2 heteroatoms. The van der Waals surface area contributed by atoms with Gasteiger partial charge in [0.1, 0.15) is 5.82 Å². The second kappa shape index (κ2) is 4.72. The molecule has 0 aliphatic heterocycles. The van der Waals surface area contributed by atoms with Gasteiger partial charge < -0.3 is 4.98 Å². The molecule has 1 N–H and O–H groups in total. The zero-order valence-corrected chi connectivity index (χ0v) is 6.88. The van der Waals surface area contributed by atoms with E-state index in [0.717, 1.165) is 25.1 Å². The molecule has 1 heterocycles. The first-order chi connectivity index (χ1) is 5.43. The summed E-state index contributed by atoms with van der Waals surface area (Å²) in [6.45, 7) is 2.14. The first kappa shape index (κ1) is 8.05. The molecule has 11 heavy (non-hydrogen) atoms. The highest BCUT2D eigenvalue weighted by Crippen LogP contribution is 1.95. The van der Waals surface area contributed by atoms with Crippen LogP contribution < -0.4 is 0 Å². The number of aryl methyl sites for hydroxylation is 1.